The number of hydrogen-bond donors (Lipinski definition) is 1. The molecule has 0 spiro atoms. The van der Waals surface area contributed by atoms with Crippen LogP contribution in [-0.2, 0) is 0 Å². The Labute approximate surface area is 118 Å². The van der Waals surface area contributed by atoms with Gasteiger partial charge < -0.3 is 5.32 Å². The number of nitrogens with zero attached hydrogens (tertiary/aromatic N) is 2. The Morgan fingerprint density at radius 1 is 0.684 bits per heavy atom. The standard InChI is InChI=1S/C10H9N3.3C2H6/c1-2-5-9(6-3-1)13-10-11-7-4-8-12-10;3*1-2/h1-8H,(H,11,12,13);3*1-2H3. The minimum Gasteiger partial charge on any atom is -0.324 e. The van der Waals surface area contributed by atoms with Crippen molar-refractivity contribution in [1.82, 2.24) is 9.97 Å². The van der Waals surface area contributed by atoms with E-state index >= 15 is 0 Å². The third kappa shape index (κ3) is 9.77. The van der Waals surface area contributed by atoms with Gasteiger partial charge in [0, 0.05) is 18.1 Å². The highest BCUT2D eigenvalue weighted by molar-refractivity contribution is 5.52. The first-order chi connectivity index (χ1) is 9.45. The van der Waals surface area contributed by atoms with Crippen LogP contribution < -0.4 is 5.32 Å². The predicted molar refractivity (Wildman–Crippen MR) is 85.8 cm³/mol. The molecule has 0 saturated carbocycles. The number of hydrogen-bond acceptors (Lipinski definition) is 3. The maximum absolute atomic E-state index is 4.05. The molecule has 0 aliphatic carbocycles. The van der Waals surface area contributed by atoms with Gasteiger partial charge in [-0.3, -0.25) is 0 Å². The van der Waals surface area contributed by atoms with Crippen LogP contribution in [0.5, 0.6) is 0 Å². The molecule has 0 saturated heterocycles. The Kier molecular flexibility index (Phi) is 16.5. The Morgan fingerprint density at radius 2 is 1.16 bits per heavy atom. The summed E-state index contributed by atoms with van der Waals surface area (Å²) < 4.78 is 0. The summed E-state index contributed by atoms with van der Waals surface area (Å²) in [5.74, 6) is 0.619. The summed E-state index contributed by atoms with van der Waals surface area (Å²) in [5.41, 5.74) is 0.994. The SMILES string of the molecule is CC.CC.CC.c1ccc(Nc2ncccn2)cc1. The van der Waals surface area contributed by atoms with E-state index in [1.165, 1.54) is 0 Å². The Morgan fingerprint density at radius 3 is 1.63 bits per heavy atom. The zero-order valence-corrected chi connectivity index (χ0v) is 13.0. The Bertz CT molecular complexity index is 323. The Balaban J connectivity index is 0. The molecule has 106 valence electrons. The summed E-state index contributed by atoms with van der Waals surface area (Å²) in [6.45, 7) is 12.0. The molecule has 0 amide bonds. The molecule has 19 heavy (non-hydrogen) atoms. The lowest BCUT2D eigenvalue weighted by Crippen LogP contribution is -1.94. The predicted octanol–water partition coefficient (Wildman–Crippen LogP) is 5.30. The van der Waals surface area contributed by atoms with Gasteiger partial charge in [-0.15, -0.1) is 0 Å². The maximum atomic E-state index is 4.05. The smallest absolute Gasteiger partial charge is 0.227 e. The number of para-hydroxylation sites is 1. The molecule has 1 aromatic carbocycles. The highest BCUT2D eigenvalue weighted by atomic mass is 15.1. The van der Waals surface area contributed by atoms with E-state index in [4.69, 9.17) is 0 Å². The summed E-state index contributed by atoms with van der Waals surface area (Å²) >= 11 is 0. The van der Waals surface area contributed by atoms with Gasteiger partial charge in [-0.25, -0.2) is 9.97 Å². The van der Waals surface area contributed by atoms with E-state index in [1.54, 1.807) is 18.5 Å². The van der Waals surface area contributed by atoms with Crippen LogP contribution in [0.1, 0.15) is 41.5 Å². The first-order valence-corrected chi connectivity index (χ1v) is 7.04. The van der Waals surface area contributed by atoms with Gasteiger partial charge in [0.2, 0.25) is 5.95 Å². The molecular formula is C16H27N3. The molecule has 1 aromatic heterocycles. The van der Waals surface area contributed by atoms with Crippen molar-refractivity contribution in [2.24, 2.45) is 0 Å². The molecule has 0 atom stereocenters. The van der Waals surface area contributed by atoms with Gasteiger partial charge in [0.25, 0.3) is 0 Å². The van der Waals surface area contributed by atoms with Crippen LogP contribution in [0.3, 0.4) is 0 Å². The number of nitrogens with one attached hydrogen (secondary N) is 1. The molecular weight excluding hydrogens is 234 g/mol. The van der Waals surface area contributed by atoms with E-state index in [0.29, 0.717) is 5.95 Å². The van der Waals surface area contributed by atoms with Gasteiger partial charge in [-0.2, -0.15) is 0 Å². The van der Waals surface area contributed by atoms with E-state index in [2.05, 4.69) is 15.3 Å². The molecule has 2 aromatic rings. The Hall–Kier alpha value is -1.90. The summed E-state index contributed by atoms with van der Waals surface area (Å²) in [5, 5.41) is 3.08. The quantitative estimate of drug-likeness (QED) is 0.797. The van der Waals surface area contributed by atoms with Gasteiger partial charge in [0.05, 0.1) is 0 Å². The normalized spacial score (nSPS) is 7.47. The average Bonchev–Trinajstić information content (AvgIpc) is 2.55. The van der Waals surface area contributed by atoms with Gasteiger partial charge in [0.15, 0.2) is 0 Å². The van der Waals surface area contributed by atoms with Crippen molar-refractivity contribution in [2.45, 2.75) is 41.5 Å². The third-order valence-corrected chi connectivity index (χ3v) is 1.60. The van der Waals surface area contributed by atoms with Gasteiger partial charge >= 0.3 is 0 Å². The number of benzene rings is 1. The van der Waals surface area contributed by atoms with E-state index in [9.17, 15) is 0 Å². The fourth-order valence-corrected chi connectivity index (χ4v) is 1.01. The fourth-order valence-electron chi connectivity index (χ4n) is 1.01. The highest BCUT2D eigenvalue weighted by Gasteiger charge is 1.92. The number of rotatable bonds is 2. The van der Waals surface area contributed by atoms with E-state index in [-0.39, 0.29) is 0 Å². The van der Waals surface area contributed by atoms with Crippen molar-refractivity contribution in [3.63, 3.8) is 0 Å². The number of aromatic nitrogens is 2. The first-order valence-electron chi connectivity index (χ1n) is 7.04. The lowest BCUT2D eigenvalue weighted by molar-refractivity contribution is 1.17. The van der Waals surface area contributed by atoms with E-state index in [1.807, 2.05) is 71.9 Å². The van der Waals surface area contributed by atoms with Crippen molar-refractivity contribution in [2.75, 3.05) is 5.32 Å². The van der Waals surface area contributed by atoms with Crippen molar-refractivity contribution in [1.29, 1.82) is 0 Å². The largest absolute Gasteiger partial charge is 0.324 e. The van der Waals surface area contributed by atoms with Crippen molar-refractivity contribution < 1.29 is 0 Å². The molecule has 0 unspecified atom stereocenters. The third-order valence-electron chi connectivity index (χ3n) is 1.60. The molecule has 1 N–H and O–H groups in total. The van der Waals surface area contributed by atoms with Gasteiger partial charge in [-0.1, -0.05) is 59.7 Å². The van der Waals surface area contributed by atoms with Crippen LogP contribution in [0.15, 0.2) is 48.8 Å². The summed E-state index contributed by atoms with van der Waals surface area (Å²) in [4.78, 5) is 8.10. The average molecular weight is 261 g/mol. The molecule has 1 heterocycles. The minimum atomic E-state index is 0.619. The second-order valence-electron chi connectivity index (χ2n) is 2.56. The summed E-state index contributed by atoms with van der Waals surface area (Å²) in [6.07, 6.45) is 3.41. The number of anilines is 2. The molecule has 0 aliphatic heterocycles. The van der Waals surface area contributed by atoms with Crippen molar-refractivity contribution in [3.8, 4) is 0 Å². The van der Waals surface area contributed by atoms with Crippen LogP contribution in [0.25, 0.3) is 0 Å². The highest BCUT2D eigenvalue weighted by Crippen LogP contribution is 2.09. The molecule has 3 nitrogen and oxygen atoms in total. The van der Waals surface area contributed by atoms with Crippen LogP contribution in [0, 0.1) is 0 Å². The molecule has 3 heteroatoms. The van der Waals surface area contributed by atoms with E-state index < -0.39 is 0 Å². The molecule has 0 bridgehead atoms. The zero-order chi connectivity index (χ0) is 14.9. The molecule has 0 fully saturated rings. The van der Waals surface area contributed by atoms with Crippen molar-refractivity contribution >= 4 is 11.6 Å². The maximum Gasteiger partial charge on any atom is 0.227 e. The van der Waals surface area contributed by atoms with Crippen LogP contribution in [0.4, 0.5) is 11.6 Å². The monoisotopic (exact) mass is 261 g/mol. The van der Waals surface area contributed by atoms with Gasteiger partial charge in [-0.05, 0) is 18.2 Å². The zero-order valence-electron chi connectivity index (χ0n) is 13.0. The van der Waals surface area contributed by atoms with Crippen LogP contribution in [0.2, 0.25) is 0 Å². The molecule has 2 rings (SSSR count). The molecule has 0 aliphatic rings. The second kappa shape index (κ2) is 16.1. The summed E-state index contributed by atoms with van der Waals surface area (Å²) in [7, 11) is 0. The summed E-state index contributed by atoms with van der Waals surface area (Å²) in [6, 6.07) is 11.6. The van der Waals surface area contributed by atoms with Gasteiger partial charge in [0.1, 0.15) is 0 Å². The fraction of sp³-hybridized carbons (Fsp3) is 0.375. The van der Waals surface area contributed by atoms with Crippen LogP contribution in [-0.4, -0.2) is 9.97 Å². The second-order valence-corrected chi connectivity index (χ2v) is 2.56. The topological polar surface area (TPSA) is 37.8 Å². The van der Waals surface area contributed by atoms with E-state index in [0.717, 1.165) is 5.69 Å². The molecule has 0 radical (unpaired) electrons. The van der Waals surface area contributed by atoms with Crippen LogP contribution >= 0.6 is 0 Å². The first kappa shape index (κ1) is 19.4. The minimum absolute atomic E-state index is 0.619. The lowest BCUT2D eigenvalue weighted by Gasteiger charge is -2.02. The van der Waals surface area contributed by atoms with Crippen molar-refractivity contribution in [3.05, 3.63) is 48.8 Å². The lowest BCUT2D eigenvalue weighted by atomic mass is 10.3.